The Hall–Kier alpha value is -1.64. The Morgan fingerprint density at radius 3 is 2.23 bits per heavy atom. The maximum atomic E-state index is 12.5. The van der Waals surface area contributed by atoms with Gasteiger partial charge < -0.3 is 10.2 Å². The summed E-state index contributed by atoms with van der Waals surface area (Å²) in [6.07, 6.45) is 4.14. The Labute approximate surface area is 187 Å². The third kappa shape index (κ3) is 6.43. The second kappa shape index (κ2) is 10.6. The third-order valence-electron chi connectivity index (χ3n) is 5.00. The van der Waals surface area contributed by atoms with E-state index >= 15 is 0 Å². The minimum absolute atomic E-state index is 0.0256. The van der Waals surface area contributed by atoms with Gasteiger partial charge in [-0.15, -0.1) is 0 Å². The molecule has 1 fully saturated rings. The molecule has 2 aromatic carbocycles. The number of carbonyl (C=O) groups excluding carboxylic acids is 1. The van der Waals surface area contributed by atoms with Gasteiger partial charge in [0.2, 0.25) is 15.9 Å². The quantitative estimate of drug-likeness (QED) is 0.604. The Morgan fingerprint density at radius 2 is 1.60 bits per heavy atom. The van der Waals surface area contributed by atoms with Crippen molar-refractivity contribution in [2.75, 3.05) is 25.0 Å². The van der Waals surface area contributed by atoms with Crippen LogP contribution in [-0.4, -0.2) is 38.9 Å². The number of hydrogen-bond acceptors (Lipinski definition) is 4. The Morgan fingerprint density at radius 1 is 0.967 bits per heavy atom. The normalized spacial score (nSPS) is 15.1. The molecule has 0 aromatic heterocycles. The lowest BCUT2D eigenvalue weighted by molar-refractivity contribution is -0.116. The molecule has 0 bridgehead atoms. The van der Waals surface area contributed by atoms with E-state index in [-0.39, 0.29) is 27.4 Å². The number of anilines is 1. The first-order valence-electron chi connectivity index (χ1n) is 9.90. The van der Waals surface area contributed by atoms with Crippen LogP contribution in [0.4, 0.5) is 5.69 Å². The summed E-state index contributed by atoms with van der Waals surface area (Å²) in [5, 5.41) is 3.02. The van der Waals surface area contributed by atoms with Gasteiger partial charge in [0.05, 0.1) is 10.0 Å². The lowest BCUT2D eigenvalue weighted by atomic mass is 10.1. The van der Waals surface area contributed by atoms with E-state index in [2.05, 4.69) is 14.9 Å². The summed E-state index contributed by atoms with van der Waals surface area (Å²) in [4.78, 5) is 14.4. The molecule has 1 aliphatic rings. The molecule has 1 saturated heterocycles. The van der Waals surface area contributed by atoms with Crippen molar-refractivity contribution < 1.29 is 13.2 Å². The van der Waals surface area contributed by atoms with Crippen LogP contribution in [0.15, 0.2) is 47.4 Å². The van der Waals surface area contributed by atoms with E-state index in [1.807, 2.05) is 0 Å². The topological polar surface area (TPSA) is 78.5 Å². The number of hydrogen-bond donors (Lipinski definition) is 2. The van der Waals surface area contributed by atoms with Crippen molar-refractivity contribution in [2.45, 2.75) is 37.1 Å². The summed E-state index contributed by atoms with van der Waals surface area (Å²) in [6, 6.07) is 11.6. The summed E-state index contributed by atoms with van der Waals surface area (Å²) in [5.74, 6) is -0.0256. The van der Waals surface area contributed by atoms with Gasteiger partial charge in [-0.25, -0.2) is 13.1 Å². The largest absolute Gasteiger partial charge is 0.326 e. The molecule has 0 spiro atoms. The number of likely N-dealkylation sites (tertiary alicyclic amines) is 1. The molecule has 9 heteroatoms. The standard InChI is InChI=1S/C21H25Cl2N3O3S/c22-18-5-4-6-19(23)21(18)30(28,29)24-15-16-7-9-17(10-8-16)25-20(27)11-14-26-12-2-1-3-13-26/h4-10,24H,1-3,11-15H2,(H,25,27). The van der Waals surface area contributed by atoms with Gasteiger partial charge in [-0.2, -0.15) is 0 Å². The number of sulfonamides is 1. The van der Waals surface area contributed by atoms with Crippen LogP contribution in [0.5, 0.6) is 0 Å². The number of nitrogens with one attached hydrogen (secondary N) is 2. The Kier molecular flexibility index (Phi) is 8.13. The molecule has 2 aromatic rings. The number of rotatable bonds is 8. The Balaban J connectivity index is 1.51. The summed E-state index contributed by atoms with van der Waals surface area (Å²) in [7, 11) is -3.86. The molecule has 3 rings (SSSR count). The van der Waals surface area contributed by atoms with Crippen LogP contribution in [0.2, 0.25) is 10.0 Å². The first-order chi connectivity index (χ1) is 14.3. The van der Waals surface area contributed by atoms with Crippen molar-refractivity contribution in [3.8, 4) is 0 Å². The molecular formula is C21H25Cl2N3O3S. The second-order valence-corrected chi connectivity index (χ2v) is 9.79. The number of piperidine rings is 1. The minimum atomic E-state index is -3.86. The van der Waals surface area contributed by atoms with E-state index in [4.69, 9.17) is 23.2 Å². The predicted octanol–water partition coefficient (Wildman–Crippen LogP) is 4.29. The van der Waals surface area contributed by atoms with Crippen LogP contribution < -0.4 is 10.0 Å². The van der Waals surface area contributed by atoms with Crippen molar-refractivity contribution in [3.05, 3.63) is 58.1 Å². The van der Waals surface area contributed by atoms with Crippen LogP contribution in [0, 0.1) is 0 Å². The van der Waals surface area contributed by atoms with Crippen molar-refractivity contribution in [2.24, 2.45) is 0 Å². The zero-order chi connectivity index (χ0) is 21.6. The van der Waals surface area contributed by atoms with E-state index in [1.165, 1.54) is 31.4 Å². The monoisotopic (exact) mass is 469 g/mol. The van der Waals surface area contributed by atoms with Gasteiger partial charge in [-0.1, -0.05) is 47.8 Å². The molecule has 30 heavy (non-hydrogen) atoms. The SMILES string of the molecule is O=C(CCN1CCCCC1)Nc1ccc(CNS(=O)(=O)c2c(Cl)cccc2Cl)cc1. The number of nitrogens with zero attached hydrogens (tertiary/aromatic N) is 1. The van der Waals surface area contributed by atoms with Gasteiger partial charge in [0.1, 0.15) is 4.90 Å². The van der Waals surface area contributed by atoms with Gasteiger partial charge in [0.25, 0.3) is 0 Å². The minimum Gasteiger partial charge on any atom is -0.326 e. The summed E-state index contributed by atoms with van der Waals surface area (Å²) >= 11 is 12.0. The van der Waals surface area contributed by atoms with Crippen LogP contribution in [-0.2, 0) is 21.4 Å². The first kappa shape index (κ1) is 23.0. The van der Waals surface area contributed by atoms with Crippen molar-refractivity contribution >= 4 is 44.8 Å². The number of amides is 1. The summed E-state index contributed by atoms with van der Waals surface area (Å²) in [6.45, 7) is 2.98. The summed E-state index contributed by atoms with van der Waals surface area (Å²) in [5.41, 5.74) is 1.42. The Bertz CT molecular complexity index is 955. The molecule has 0 saturated carbocycles. The maximum Gasteiger partial charge on any atom is 0.243 e. The van der Waals surface area contributed by atoms with Gasteiger partial charge >= 0.3 is 0 Å². The van der Waals surface area contributed by atoms with Gasteiger partial charge in [-0.05, 0) is 55.8 Å². The predicted molar refractivity (Wildman–Crippen MR) is 120 cm³/mol. The third-order valence-corrected chi connectivity index (χ3v) is 7.35. The molecule has 1 aliphatic heterocycles. The van der Waals surface area contributed by atoms with Crippen molar-refractivity contribution in [3.63, 3.8) is 0 Å². The fourth-order valence-corrected chi connectivity index (χ4v) is 5.52. The molecule has 162 valence electrons. The fraction of sp³-hybridized carbons (Fsp3) is 0.381. The second-order valence-electron chi connectivity index (χ2n) is 7.27. The van der Waals surface area contributed by atoms with Crippen molar-refractivity contribution in [1.29, 1.82) is 0 Å². The van der Waals surface area contributed by atoms with E-state index in [0.717, 1.165) is 25.2 Å². The van der Waals surface area contributed by atoms with Crippen LogP contribution in [0.25, 0.3) is 0 Å². The molecule has 1 amide bonds. The van der Waals surface area contributed by atoms with Gasteiger partial charge in [-0.3, -0.25) is 4.79 Å². The van der Waals surface area contributed by atoms with Gasteiger partial charge in [0, 0.05) is 25.2 Å². The molecular weight excluding hydrogens is 445 g/mol. The molecule has 6 nitrogen and oxygen atoms in total. The molecule has 0 unspecified atom stereocenters. The highest BCUT2D eigenvalue weighted by Gasteiger charge is 2.21. The van der Waals surface area contributed by atoms with E-state index in [1.54, 1.807) is 30.3 Å². The summed E-state index contributed by atoms with van der Waals surface area (Å²) < 4.78 is 27.5. The maximum absolute atomic E-state index is 12.5. The molecule has 0 atom stereocenters. The smallest absolute Gasteiger partial charge is 0.243 e. The van der Waals surface area contributed by atoms with Crippen molar-refractivity contribution in [1.82, 2.24) is 9.62 Å². The number of carbonyl (C=O) groups is 1. The molecule has 0 aliphatic carbocycles. The zero-order valence-corrected chi connectivity index (χ0v) is 18.9. The number of benzene rings is 2. The van der Waals surface area contributed by atoms with E-state index in [9.17, 15) is 13.2 Å². The average molecular weight is 470 g/mol. The highest BCUT2D eigenvalue weighted by atomic mass is 35.5. The highest BCUT2D eigenvalue weighted by Crippen LogP contribution is 2.28. The molecule has 0 radical (unpaired) electrons. The average Bonchev–Trinajstić information content (AvgIpc) is 2.72. The van der Waals surface area contributed by atoms with Crippen LogP contribution >= 0.6 is 23.2 Å². The zero-order valence-electron chi connectivity index (χ0n) is 16.5. The highest BCUT2D eigenvalue weighted by molar-refractivity contribution is 7.89. The van der Waals surface area contributed by atoms with E-state index < -0.39 is 10.0 Å². The molecule has 1 heterocycles. The number of halogens is 2. The van der Waals surface area contributed by atoms with Gasteiger partial charge in [0.15, 0.2) is 0 Å². The van der Waals surface area contributed by atoms with E-state index in [0.29, 0.717) is 12.1 Å². The fourth-order valence-electron chi connectivity index (χ4n) is 3.36. The lowest BCUT2D eigenvalue weighted by Crippen LogP contribution is -2.32. The lowest BCUT2D eigenvalue weighted by Gasteiger charge is -2.25. The van der Waals surface area contributed by atoms with Crippen LogP contribution in [0.3, 0.4) is 0 Å². The van der Waals surface area contributed by atoms with Crippen LogP contribution in [0.1, 0.15) is 31.2 Å². The first-order valence-corrected chi connectivity index (χ1v) is 12.1. The molecule has 2 N–H and O–H groups in total.